The summed E-state index contributed by atoms with van der Waals surface area (Å²) in [7, 11) is 2.07. The van der Waals surface area contributed by atoms with Gasteiger partial charge in [0.25, 0.3) is 0 Å². The Morgan fingerprint density at radius 1 is 0.477 bits per heavy atom. The highest BCUT2D eigenvalue weighted by Gasteiger charge is 2.17. The average molecular weight is 560 g/mol. The number of fused-ring (bicyclic) bond motifs is 3. The first kappa shape index (κ1) is 23.7. The SMILES string of the molecule is Cn1c(-c2ccc(-c3cc4ccc5cccc6c7cccc8ccc9cccc(c(c3)c4c56)c9c87)nc2)nc2ccccc21. The Kier molecular flexibility index (Phi) is 4.65. The molecule has 3 heteroatoms. The molecule has 2 heterocycles. The Balaban J connectivity index is 1.30. The molecule has 2 aromatic heterocycles. The maximum Gasteiger partial charge on any atom is 0.142 e. The van der Waals surface area contributed by atoms with Gasteiger partial charge in [-0.1, -0.05) is 91.0 Å². The Labute approximate surface area is 253 Å². The van der Waals surface area contributed by atoms with Crippen LogP contribution in [0.5, 0.6) is 0 Å². The van der Waals surface area contributed by atoms with Gasteiger partial charge in [0.2, 0.25) is 0 Å². The average Bonchev–Trinajstić information content (AvgIpc) is 3.42. The first-order valence-corrected chi connectivity index (χ1v) is 15.1. The molecule has 0 aliphatic heterocycles. The fourth-order valence-corrected chi connectivity index (χ4v) is 7.53. The van der Waals surface area contributed by atoms with Crippen LogP contribution in [0.25, 0.3) is 98.3 Å². The zero-order valence-corrected chi connectivity index (χ0v) is 24.0. The largest absolute Gasteiger partial charge is 0.327 e. The van der Waals surface area contributed by atoms with E-state index >= 15 is 0 Å². The van der Waals surface area contributed by atoms with E-state index in [0.29, 0.717) is 0 Å². The lowest BCUT2D eigenvalue weighted by atomic mass is 9.87. The van der Waals surface area contributed by atoms with E-state index in [4.69, 9.17) is 9.97 Å². The number of pyridine rings is 1. The molecule has 44 heavy (non-hydrogen) atoms. The molecule has 8 aromatic carbocycles. The van der Waals surface area contributed by atoms with Crippen LogP contribution in [0.15, 0.2) is 134 Å². The van der Waals surface area contributed by atoms with E-state index in [1.54, 1.807) is 0 Å². The van der Waals surface area contributed by atoms with Gasteiger partial charge in [-0.3, -0.25) is 4.98 Å². The van der Waals surface area contributed by atoms with E-state index < -0.39 is 0 Å². The smallest absolute Gasteiger partial charge is 0.142 e. The monoisotopic (exact) mass is 559 g/mol. The topological polar surface area (TPSA) is 30.7 Å². The molecule has 0 aliphatic rings. The van der Waals surface area contributed by atoms with Crippen molar-refractivity contribution in [3.63, 3.8) is 0 Å². The number of imidazole rings is 1. The van der Waals surface area contributed by atoms with Crippen molar-refractivity contribution >= 4 is 75.7 Å². The van der Waals surface area contributed by atoms with Gasteiger partial charge in [-0.25, -0.2) is 4.98 Å². The summed E-state index contributed by atoms with van der Waals surface area (Å²) in [6, 6.07) is 46.5. The molecule has 0 unspecified atom stereocenters. The second-order valence-corrected chi connectivity index (χ2v) is 11.9. The zero-order valence-electron chi connectivity index (χ0n) is 24.0. The molecule has 0 atom stereocenters. The number of aromatic nitrogens is 3. The first-order valence-electron chi connectivity index (χ1n) is 15.1. The number of rotatable bonds is 2. The summed E-state index contributed by atoms with van der Waals surface area (Å²) in [5, 5.41) is 15.4. The van der Waals surface area contributed by atoms with Crippen LogP contribution >= 0.6 is 0 Å². The van der Waals surface area contributed by atoms with Crippen molar-refractivity contribution in [3.05, 3.63) is 134 Å². The fourth-order valence-electron chi connectivity index (χ4n) is 7.53. The number of aryl methyl sites for hydroxylation is 1. The van der Waals surface area contributed by atoms with Crippen LogP contribution in [0, 0.1) is 0 Å². The normalized spacial score (nSPS) is 12.2. The standard InChI is InChI=1S/C41H25N3/c1-44-36-14-3-2-13-35(36)43-41(44)28-19-20-34(42-23-28)29-21-27-18-17-26-8-5-11-31-30-10-4-7-24-15-16-25-9-6-12-32(39(25)37(24)30)33(22-29)40(27)38(26)31/h2-23H,1H3. The summed E-state index contributed by atoms with van der Waals surface area (Å²) in [5.41, 5.74) is 5.17. The summed E-state index contributed by atoms with van der Waals surface area (Å²) in [6.07, 6.45) is 1.96. The van der Waals surface area contributed by atoms with Gasteiger partial charge in [0, 0.05) is 24.4 Å². The van der Waals surface area contributed by atoms with Gasteiger partial charge in [0.1, 0.15) is 5.82 Å². The van der Waals surface area contributed by atoms with Crippen LogP contribution < -0.4 is 0 Å². The van der Waals surface area contributed by atoms with Gasteiger partial charge in [0.15, 0.2) is 0 Å². The Morgan fingerprint density at radius 3 is 1.68 bits per heavy atom. The number of nitrogens with zero attached hydrogens (tertiary/aromatic N) is 3. The van der Waals surface area contributed by atoms with Gasteiger partial charge in [-0.2, -0.15) is 0 Å². The second-order valence-electron chi connectivity index (χ2n) is 11.9. The molecule has 10 aromatic rings. The summed E-state index contributed by atoms with van der Waals surface area (Å²) < 4.78 is 2.14. The van der Waals surface area contributed by atoms with Crippen LogP contribution in [0.1, 0.15) is 0 Å². The van der Waals surface area contributed by atoms with E-state index in [-0.39, 0.29) is 0 Å². The zero-order chi connectivity index (χ0) is 28.9. The molecule has 3 nitrogen and oxygen atoms in total. The van der Waals surface area contributed by atoms with Crippen molar-refractivity contribution in [2.75, 3.05) is 0 Å². The highest BCUT2D eigenvalue weighted by molar-refractivity contribution is 6.37. The van der Waals surface area contributed by atoms with Gasteiger partial charge in [0.05, 0.1) is 16.7 Å². The van der Waals surface area contributed by atoms with Crippen molar-refractivity contribution in [3.8, 4) is 22.6 Å². The minimum atomic E-state index is 0.920. The lowest BCUT2D eigenvalue weighted by Crippen LogP contribution is -1.94. The Hall–Kier alpha value is -5.80. The lowest BCUT2D eigenvalue weighted by Gasteiger charge is -2.17. The van der Waals surface area contributed by atoms with Crippen LogP contribution in [0.2, 0.25) is 0 Å². The van der Waals surface area contributed by atoms with Gasteiger partial charge in [-0.15, -0.1) is 0 Å². The molecular formula is C41H25N3. The molecular weight excluding hydrogens is 534 g/mol. The van der Waals surface area contributed by atoms with Crippen LogP contribution in [-0.4, -0.2) is 14.5 Å². The third-order valence-corrected chi connectivity index (χ3v) is 9.53. The highest BCUT2D eigenvalue weighted by atomic mass is 15.1. The molecule has 0 amide bonds. The third-order valence-electron chi connectivity index (χ3n) is 9.53. The van der Waals surface area contributed by atoms with Gasteiger partial charge >= 0.3 is 0 Å². The fraction of sp³-hybridized carbons (Fsp3) is 0.0244. The quantitative estimate of drug-likeness (QED) is 0.197. The number of hydrogen-bond donors (Lipinski definition) is 0. The van der Waals surface area contributed by atoms with Gasteiger partial charge < -0.3 is 4.57 Å². The summed E-state index contributed by atoms with van der Waals surface area (Å²) >= 11 is 0. The predicted octanol–water partition coefficient (Wildman–Crippen LogP) is 10.7. The van der Waals surface area contributed by atoms with E-state index in [1.807, 2.05) is 12.3 Å². The minimum absolute atomic E-state index is 0.920. The summed E-state index contributed by atoms with van der Waals surface area (Å²) in [6.45, 7) is 0. The molecule has 0 spiro atoms. The molecule has 0 N–H and O–H groups in total. The molecule has 0 bridgehead atoms. The van der Waals surface area contributed by atoms with Crippen molar-refractivity contribution in [1.29, 1.82) is 0 Å². The molecule has 0 fully saturated rings. The molecule has 204 valence electrons. The van der Waals surface area contributed by atoms with Gasteiger partial charge in [-0.05, 0) is 101 Å². The molecule has 0 saturated heterocycles. The molecule has 0 aliphatic carbocycles. The number of para-hydroxylation sites is 2. The predicted molar refractivity (Wildman–Crippen MR) is 186 cm³/mol. The maximum atomic E-state index is 5.01. The van der Waals surface area contributed by atoms with Crippen molar-refractivity contribution in [2.45, 2.75) is 0 Å². The maximum absolute atomic E-state index is 5.01. The molecule has 0 radical (unpaired) electrons. The Bertz CT molecular complexity index is 2760. The van der Waals surface area contributed by atoms with Crippen LogP contribution in [0.4, 0.5) is 0 Å². The van der Waals surface area contributed by atoms with Crippen LogP contribution in [-0.2, 0) is 7.05 Å². The summed E-state index contributed by atoms with van der Waals surface area (Å²) in [5.74, 6) is 0.920. The number of hydrogen-bond acceptors (Lipinski definition) is 2. The van der Waals surface area contributed by atoms with E-state index in [2.05, 4.69) is 133 Å². The first-order chi connectivity index (χ1) is 21.7. The van der Waals surface area contributed by atoms with Crippen molar-refractivity contribution < 1.29 is 0 Å². The summed E-state index contributed by atoms with van der Waals surface area (Å²) in [4.78, 5) is 9.90. The third kappa shape index (κ3) is 3.16. The van der Waals surface area contributed by atoms with E-state index in [9.17, 15) is 0 Å². The van der Waals surface area contributed by atoms with Crippen LogP contribution in [0.3, 0.4) is 0 Å². The highest BCUT2D eigenvalue weighted by Crippen LogP contribution is 2.44. The lowest BCUT2D eigenvalue weighted by molar-refractivity contribution is 0.958. The van der Waals surface area contributed by atoms with E-state index in [1.165, 1.54) is 64.6 Å². The molecule has 0 saturated carbocycles. The van der Waals surface area contributed by atoms with E-state index in [0.717, 1.165) is 33.7 Å². The second kappa shape index (κ2) is 8.62. The van der Waals surface area contributed by atoms with Crippen molar-refractivity contribution in [1.82, 2.24) is 14.5 Å². The molecule has 10 rings (SSSR count). The van der Waals surface area contributed by atoms with Crippen molar-refractivity contribution in [2.24, 2.45) is 7.05 Å². The number of benzene rings is 7. The minimum Gasteiger partial charge on any atom is -0.327 e. The Morgan fingerprint density at radius 2 is 1.07 bits per heavy atom.